The number of benzene rings is 1. The number of nitrogens with one attached hydrogen (secondary N) is 1. The zero-order valence-electron chi connectivity index (χ0n) is 11.0. The lowest BCUT2D eigenvalue weighted by atomic mass is 9.82. The number of rotatable bonds is 3. The van der Waals surface area contributed by atoms with Gasteiger partial charge in [0.1, 0.15) is 0 Å². The van der Waals surface area contributed by atoms with Gasteiger partial charge in [-0.15, -0.1) is 0 Å². The average Bonchev–Trinajstić information content (AvgIpc) is 2.38. The molecule has 1 atom stereocenters. The summed E-state index contributed by atoms with van der Waals surface area (Å²) in [5.41, 5.74) is 1.14. The van der Waals surface area contributed by atoms with Crippen LogP contribution in [-0.2, 0) is 9.84 Å². The van der Waals surface area contributed by atoms with Crippen LogP contribution in [0.4, 0.5) is 0 Å². The molecule has 0 aliphatic carbocycles. The molecule has 1 saturated heterocycles. The molecule has 1 fully saturated rings. The summed E-state index contributed by atoms with van der Waals surface area (Å²) in [5.74, 6) is 1.08. The Hall–Kier alpha value is -0.870. The summed E-state index contributed by atoms with van der Waals surface area (Å²) in [6.07, 6.45) is 3.61. The highest BCUT2D eigenvalue weighted by Gasteiger charge is 2.21. The lowest BCUT2D eigenvalue weighted by Crippen LogP contribution is -2.30. The highest BCUT2D eigenvalue weighted by molar-refractivity contribution is 7.90. The maximum absolute atomic E-state index is 11.6. The highest BCUT2D eigenvalue weighted by atomic mass is 32.2. The summed E-state index contributed by atoms with van der Waals surface area (Å²) in [4.78, 5) is 0.431. The number of hydrogen-bond acceptors (Lipinski definition) is 3. The van der Waals surface area contributed by atoms with Gasteiger partial charge in [-0.25, -0.2) is 8.42 Å². The van der Waals surface area contributed by atoms with Crippen LogP contribution in [0, 0.1) is 5.92 Å². The van der Waals surface area contributed by atoms with E-state index in [2.05, 4.69) is 12.2 Å². The van der Waals surface area contributed by atoms with Crippen molar-refractivity contribution in [1.82, 2.24) is 5.32 Å². The average molecular weight is 267 g/mol. The van der Waals surface area contributed by atoms with E-state index in [1.807, 2.05) is 18.2 Å². The van der Waals surface area contributed by atoms with Gasteiger partial charge < -0.3 is 5.32 Å². The monoisotopic (exact) mass is 267 g/mol. The molecular formula is C14H21NO2S. The van der Waals surface area contributed by atoms with Crippen molar-refractivity contribution in [1.29, 1.82) is 0 Å². The minimum atomic E-state index is -3.10. The van der Waals surface area contributed by atoms with E-state index in [0.29, 0.717) is 16.7 Å². The molecule has 0 saturated carbocycles. The van der Waals surface area contributed by atoms with E-state index >= 15 is 0 Å². The van der Waals surface area contributed by atoms with E-state index in [-0.39, 0.29) is 0 Å². The van der Waals surface area contributed by atoms with Crippen molar-refractivity contribution in [3.05, 3.63) is 29.8 Å². The van der Waals surface area contributed by atoms with Crippen LogP contribution in [-0.4, -0.2) is 27.8 Å². The van der Waals surface area contributed by atoms with Crippen molar-refractivity contribution in [2.24, 2.45) is 5.92 Å². The standard InChI is InChI=1S/C14H21NO2S/c1-11(12-6-8-15-9-7-12)13-4-3-5-14(10-13)18(2,16)17/h3-5,10-12,15H,6-9H2,1-2H3. The largest absolute Gasteiger partial charge is 0.317 e. The maximum atomic E-state index is 11.6. The maximum Gasteiger partial charge on any atom is 0.175 e. The Balaban J connectivity index is 2.22. The van der Waals surface area contributed by atoms with Crippen LogP contribution in [0.25, 0.3) is 0 Å². The van der Waals surface area contributed by atoms with E-state index in [1.165, 1.54) is 19.1 Å². The van der Waals surface area contributed by atoms with Crippen LogP contribution in [0.5, 0.6) is 0 Å². The second-order valence-electron chi connectivity index (χ2n) is 5.22. The third kappa shape index (κ3) is 3.12. The summed E-state index contributed by atoms with van der Waals surface area (Å²) < 4.78 is 23.1. The van der Waals surface area contributed by atoms with Gasteiger partial charge in [-0.05, 0) is 55.5 Å². The summed E-state index contributed by atoms with van der Waals surface area (Å²) in [7, 11) is -3.10. The van der Waals surface area contributed by atoms with Crippen molar-refractivity contribution < 1.29 is 8.42 Å². The molecule has 1 aromatic carbocycles. The molecule has 2 rings (SSSR count). The summed E-state index contributed by atoms with van der Waals surface area (Å²) in [5, 5.41) is 3.36. The Morgan fingerprint density at radius 3 is 2.56 bits per heavy atom. The van der Waals surface area contributed by atoms with Crippen LogP contribution < -0.4 is 5.32 Å². The number of piperidine rings is 1. The Labute approximate surface area is 110 Å². The molecule has 0 amide bonds. The van der Waals surface area contributed by atoms with Gasteiger partial charge in [0, 0.05) is 6.26 Å². The smallest absolute Gasteiger partial charge is 0.175 e. The molecule has 3 nitrogen and oxygen atoms in total. The Bertz CT molecular complexity index is 504. The first-order valence-corrected chi connectivity index (χ1v) is 8.38. The molecule has 18 heavy (non-hydrogen) atoms. The zero-order valence-corrected chi connectivity index (χ0v) is 11.8. The molecule has 1 aromatic rings. The summed E-state index contributed by atoms with van der Waals surface area (Å²) >= 11 is 0. The highest BCUT2D eigenvalue weighted by Crippen LogP contribution is 2.31. The fourth-order valence-corrected chi connectivity index (χ4v) is 3.32. The molecule has 1 N–H and O–H groups in total. The Morgan fingerprint density at radius 1 is 1.28 bits per heavy atom. The minimum Gasteiger partial charge on any atom is -0.317 e. The van der Waals surface area contributed by atoms with Crippen LogP contribution in [0.2, 0.25) is 0 Å². The van der Waals surface area contributed by atoms with E-state index in [4.69, 9.17) is 0 Å². The first-order valence-electron chi connectivity index (χ1n) is 6.49. The predicted octanol–water partition coefficient (Wildman–Crippen LogP) is 2.19. The van der Waals surface area contributed by atoms with Gasteiger partial charge in [-0.2, -0.15) is 0 Å². The van der Waals surface area contributed by atoms with Crippen LogP contribution in [0.1, 0.15) is 31.2 Å². The van der Waals surface area contributed by atoms with Gasteiger partial charge in [-0.3, -0.25) is 0 Å². The molecule has 0 aromatic heterocycles. The van der Waals surface area contributed by atoms with Crippen molar-refractivity contribution in [2.45, 2.75) is 30.6 Å². The predicted molar refractivity (Wildman–Crippen MR) is 73.6 cm³/mol. The van der Waals surface area contributed by atoms with Gasteiger partial charge in [-0.1, -0.05) is 19.1 Å². The first-order chi connectivity index (χ1) is 8.48. The van der Waals surface area contributed by atoms with Crippen molar-refractivity contribution in [2.75, 3.05) is 19.3 Å². The van der Waals surface area contributed by atoms with E-state index < -0.39 is 9.84 Å². The molecular weight excluding hydrogens is 246 g/mol. The number of sulfone groups is 1. The lowest BCUT2D eigenvalue weighted by Gasteiger charge is -2.28. The zero-order chi connectivity index (χ0) is 13.2. The summed E-state index contributed by atoms with van der Waals surface area (Å²) in [6, 6.07) is 7.40. The van der Waals surface area contributed by atoms with Crippen molar-refractivity contribution in [3.63, 3.8) is 0 Å². The van der Waals surface area contributed by atoms with Crippen LogP contribution in [0.15, 0.2) is 29.2 Å². The minimum absolute atomic E-state index is 0.425. The van der Waals surface area contributed by atoms with Crippen molar-refractivity contribution in [3.8, 4) is 0 Å². The quantitative estimate of drug-likeness (QED) is 0.913. The number of hydrogen-bond donors (Lipinski definition) is 1. The van der Waals surface area contributed by atoms with Gasteiger partial charge in [0.15, 0.2) is 9.84 Å². The fraction of sp³-hybridized carbons (Fsp3) is 0.571. The Kier molecular flexibility index (Phi) is 4.07. The lowest BCUT2D eigenvalue weighted by molar-refractivity contribution is 0.330. The van der Waals surface area contributed by atoms with Crippen LogP contribution >= 0.6 is 0 Å². The van der Waals surface area contributed by atoms with Crippen LogP contribution in [0.3, 0.4) is 0 Å². The third-order valence-corrected chi connectivity index (χ3v) is 5.01. The van der Waals surface area contributed by atoms with E-state index in [1.54, 1.807) is 6.07 Å². The molecule has 1 heterocycles. The fourth-order valence-electron chi connectivity index (χ4n) is 2.64. The van der Waals surface area contributed by atoms with E-state index in [0.717, 1.165) is 18.7 Å². The van der Waals surface area contributed by atoms with Gasteiger partial charge in [0.25, 0.3) is 0 Å². The normalized spacial score (nSPS) is 19.7. The molecule has 1 aliphatic rings. The topological polar surface area (TPSA) is 46.2 Å². The van der Waals surface area contributed by atoms with Gasteiger partial charge in [0.05, 0.1) is 4.90 Å². The van der Waals surface area contributed by atoms with Crippen molar-refractivity contribution >= 4 is 9.84 Å². The SMILES string of the molecule is CC(c1cccc(S(C)(=O)=O)c1)C1CCNCC1. The summed E-state index contributed by atoms with van der Waals surface area (Å²) in [6.45, 7) is 4.35. The molecule has 0 bridgehead atoms. The molecule has 100 valence electrons. The first kappa shape index (κ1) is 13.6. The second kappa shape index (κ2) is 5.41. The Morgan fingerprint density at radius 2 is 1.94 bits per heavy atom. The molecule has 0 spiro atoms. The second-order valence-corrected chi connectivity index (χ2v) is 7.24. The molecule has 4 heteroatoms. The van der Waals surface area contributed by atoms with E-state index in [9.17, 15) is 8.42 Å². The van der Waals surface area contributed by atoms with Gasteiger partial charge in [0.2, 0.25) is 0 Å². The van der Waals surface area contributed by atoms with Gasteiger partial charge >= 0.3 is 0 Å². The molecule has 1 aliphatic heterocycles. The third-order valence-electron chi connectivity index (χ3n) is 3.90. The molecule has 0 radical (unpaired) electrons. The molecule has 1 unspecified atom stereocenters.